The first-order valence-corrected chi connectivity index (χ1v) is 9.20. The highest BCUT2D eigenvalue weighted by Crippen LogP contribution is 2.29. The molecule has 0 unspecified atom stereocenters. The predicted octanol–water partition coefficient (Wildman–Crippen LogP) is 1.72. The average Bonchev–Trinajstić information content (AvgIpc) is 3.07. The lowest BCUT2D eigenvalue weighted by Gasteiger charge is -2.10. The van der Waals surface area contributed by atoms with E-state index in [-0.39, 0.29) is 17.9 Å². The van der Waals surface area contributed by atoms with Crippen molar-refractivity contribution in [2.75, 3.05) is 14.2 Å². The molecule has 9 heteroatoms. The van der Waals surface area contributed by atoms with Crippen molar-refractivity contribution in [3.8, 4) is 11.5 Å². The average molecular weight is 388 g/mol. The number of benzene rings is 1. The summed E-state index contributed by atoms with van der Waals surface area (Å²) in [7, 11) is 4.89. The standard InChI is InChI=1S/C18H20N4O4S/c1-21-7-8-27-18(21)20-16(23)5-4-6-22-11-19-13-10-15(26-3)14(25-2)9-12(13)17(22)24/h7-11H,4-6H2,1-3H3. The van der Waals surface area contributed by atoms with Crippen LogP contribution in [0.5, 0.6) is 11.5 Å². The number of carbonyl (C=O) groups is 1. The molecular formula is C18H20N4O4S. The van der Waals surface area contributed by atoms with Gasteiger partial charge >= 0.3 is 0 Å². The Morgan fingerprint density at radius 3 is 2.67 bits per heavy atom. The van der Waals surface area contributed by atoms with Gasteiger partial charge in [0.1, 0.15) is 0 Å². The highest BCUT2D eigenvalue weighted by atomic mass is 32.1. The van der Waals surface area contributed by atoms with Crippen molar-refractivity contribution >= 4 is 28.1 Å². The Balaban J connectivity index is 1.76. The van der Waals surface area contributed by atoms with Gasteiger partial charge in [0.25, 0.3) is 5.56 Å². The number of carbonyl (C=O) groups excluding carboxylic acids is 1. The molecule has 0 N–H and O–H groups in total. The Kier molecular flexibility index (Phi) is 5.70. The van der Waals surface area contributed by atoms with Crippen molar-refractivity contribution in [3.63, 3.8) is 0 Å². The van der Waals surface area contributed by atoms with E-state index in [0.29, 0.717) is 40.2 Å². The van der Waals surface area contributed by atoms with E-state index < -0.39 is 0 Å². The number of fused-ring (bicyclic) bond motifs is 1. The zero-order chi connectivity index (χ0) is 19.4. The van der Waals surface area contributed by atoms with E-state index in [2.05, 4.69) is 9.98 Å². The molecule has 2 heterocycles. The number of hydrogen-bond acceptors (Lipinski definition) is 6. The molecule has 3 aromatic rings. The van der Waals surface area contributed by atoms with Gasteiger partial charge in [0, 0.05) is 37.7 Å². The largest absolute Gasteiger partial charge is 0.493 e. The Morgan fingerprint density at radius 2 is 2.00 bits per heavy atom. The molecule has 0 aliphatic carbocycles. The summed E-state index contributed by atoms with van der Waals surface area (Å²) in [6.45, 7) is 0.383. The fourth-order valence-corrected chi connectivity index (χ4v) is 3.39. The molecule has 1 amide bonds. The van der Waals surface area contributed by atoms with Crippen LogP contribution in [0.2, 0.25) is 0 Å². The van der Waals surface area contributed by atoms with Crippen molar-refractivity contribution in [1.29, 1.82) is 0 Å². The van der Waals surface area contributed by atoms with Gasteiger partial charge in [0.15, 0.2) is 16.3 Å². The first kappa shape index (κ1) is 18.8. The van der Waals surface area contributed by atoms with E-state index in [1.165, 1.54) is 36.5 Å². The summed E-state index contributed by atoms with van der Waals surface area (Å²) in [5.41, 5.74) is 0.347. The molecule has 2 aromatic heterocycles. The van der Waals surface area contributed by atoms with E-state index >= 15 is 0 Å². The number of methoxy groups -OCH3 is 2. The third-order valence-corrected chi connectivity index (χ3v) is 4.95. The third-order valence-electron chi connectivity index (χ3n) is 4.10. The Morgan fingerprint density at radius 1 is 1.26 bits per heavy atom. The van der Waals surface area contributed by atoms with Gasteiger partial charge in [-0.05, 0) is 12.5 Å². The maximum atomic E-state index is 12.7. The summed E-state index contributed by atoms with van der Waals surface area (Å²) < 4.78 is 13.8. The number of thiazole rings is 1. The van der Waals surface area contributed by atoms with E-state index in [0.717, 1.165) is 0 Å². The number of rotatable bonds is 6. The van der Waals surface area contributed by atoms with Crippen molar-refractivity contribution < 1.29 is 14.3 Å². The summed E-state index contributed by atoms with van der Waals surface area (Å²) >= 11 is 1.41. The van der Waals surface area contributed by atoms with Gasteiger partial charge in [0.05, 0.1) is 31.4 Å². The van der Waals surface area contributed by atoms with Gasteiger partial charge in [-0.1, -0.05) is 0 Å². The minimum atomic E-state index is -0.207. The number of hydrogen-bond donors (Lipinski definition) is 0. The first-order chi connectivity index (χ1) is 13.0. The minimum absolute atomic E-state index is 0.185. The van der Waals surface area contributed by atoms with Gasteiger partial charge in [0.2, 0.25) is 5.91 Å². The van der Waals surface area contributed by atoms with Crippen LogP contribution in [0, 0.1) is 0 Å². The molecule has 0 saturated heterocycles. The summed E-state index contributed by atoms with van der Waals surface area (Å²) in [6.07, 6.45) is 4.09. The van der Waals surface area contributed by atoms with Crippen LogP contribution in [-0.2, 0) is 18.4 Å². The molecule has 27 heavy (non-hydrogen) atoms. The molecule has 0 spiro atoms. The summed E-state index contributed by atoms with van der Waals surface area (Å²) in [5, 5.41) is 2.31. The second-order valence-electron chi connectivity index (χ2n) is 5.87. The van der Waals surface area contributed by atoms with Crippen LogP contribution in [0.25, 0.3) is 10.9 Å². The monoisotopic (exact) mass is 388 g/mol. The van der Waals surface area contributed by atoms with Crippen molar-refractivity contribution in [2.24, 2.45) is 12.0 Å². The predicted molar refractivity (Wildman–Crippen MR) is 102 cm³/mol. The summed E-state index contributed by atoms with van der Waals surface area (Å²) in [6, 6.07) is 3.29. The molecule has 0 bridgehead atoms. The van der Waals surface area contributed by atoms with Crippen molar-refractivity contribution in [2.45, 2.75) is 19.4 Å². The van der Waals surface area contributed by atoms with Gasteiger partial charge in [-0.15, -0.1) is 11.3 Å². The first-order valence-electron chi connectivity index (χ1n) is 8.32. The summed E-state index contributed by atoms with van der Waals surface area (Å²) in [4.78, 5) is 33.7. The van der Waals surface area contributed by atoms with Crippen LogP contribution < -0.4 is 19.8 Å². The lowest BCUT2D eigenvalue weighted by molar-refractivity contribution is -0.118. The molecule has 142 valence electrons. The van der Waals surface area contributed by atoms with Crippen LogP contribution >= 0.6 is 11.3 Å². The van der Waals surface area contributed by atoms with E-state index in [9.17, 15) is 9.59 Å². The van der Waals surface area contributed by atoms with Gasteiger partial charge < -0.3 is 14.0 Å². The van der Waals surface area contributed by atoms with E-state index in [1.54, 1.807) is 16.7 Å². The lowest BCUT2D eigenvalue weighted by atomic mass is 10.2. The van der Waals surface area contributed by atoms with Crippen LogP contribution in [0.3, 0.4) is 0 Å². The van der Waals surface area contributed by atoms with E-state index in [4.69, 9.17) is 9.47 Å². The number of nitrogens with zero attached hydrogens (tertiary/aromatic N) is 4. The van der Waals surface area contributed by atoms with Crippen LogP contribution in [0.15, 0.2) is 39.8 Å². The van der Waals surface area contributed by atoms with Crippen molar-refractivity contribution in [3.05, 3.63) is 45.2 Å². The van der Waals surface area contributed by atoms with Gasteiger partial charge in [-0.25, -0.2) is 4.98 Å². The zero-order valence-corrected chi connectivity index (χ0v) is 16.2. The molecule has 0 aliphatic rings. The third kappa shape index (κ3) is 4.08. The minimum Gasteiger partial charge on any atom is -0.493 e. The maximum absolute atomic E-state index is 12.7. The number of aromatic nitrogens is 3. The molecule has 0 atom stereocenters. The quantitative estimate of drug-likeness (QED) is 0.642. The SMILES string of the molecule is COc1cc2ncn(CCCC(=O)N=c3sccn3C)c(=O)c2cc1OC. The normalized spacial score (nSPS) is 11.7. The lowest BCUT2D eigenvalue weighted by Crippen LogP contribution is -2.21. The van der Waals surface area contributed by atoms with Crippen LogP contribution in [-0.4, -0.2) is 34.2 Å². The maximum Gasteiger partial charge on any atom is 0.261 e. The number of aryl methyl sites for hydroxylation is 2. The highest BCUT2D eigenvalue weighted by molar-refractivity contribution is 7.07. The smallest absolute Gasteiger partial charge is 0.261 e. The van der Waals surface area contributed by atoms with Crippen molar-refractivity contribution in [1.82, 2.24) is 14.1 Å². The number of amides is 1. The topological polar surface area (TPSA) is 87.7 Å². The van der Waals surface area contributed by atoms with Crippen LogP contribution in [0.4, 0.5) is 0 Å². The molecule has 3 rings (SSSR count). The van der Waals surface area contributed by atoms with Gasteiger partial charge in [-0.3, -0.25) is 14.2 Å². The molecule has 0 saturated carbocycles. The molecule has 1 aromatic carbocycles. The zero-order valence-electron chi connectivity index (χ0n) is 15.3. The highest BCUT2D eigenvalue weighted by Gasteiger charge is 2.11. The molecule has 8 nitrogen and oxygen atoms in total. The second kappa shape index (κ2) is 8.17. The molecule has 0 fully saturated rings. The summed E-state index contributed by atoms with van der Waals surface area (Å²) in [5.74, 6) is 0.782. The molecular weight excluding hydrogens is 368 g/mol. The molecule has 0 aliphatic heterocycles. The molecule has 0 radical (unpaired) electrons. The van der Waals surface area contributed by atoms with Crippen LogP contribution in [0.1, 0.15) is 12.8 Å². The second-order valence-corrected chi connectivity index (χ2v) is 6.75. The van der Waals surface area contributed by atoms with Gasteiger partial charge in [-0.2, -0.15) is 4.99 Å². The Bertz CT molecular complexity index is 1100. The fraction of sp³-hybridized carbons (Fsp3) is 0.333. The number of ether oxygens (including phenoxy) is 2. The fourth-order valence-electron chi connectivity index (χ4n) is 2.64. The Labute approximate surface area is 159 Å². The Hall–Kier alpha value is -2.94. The van der Waals surface area contributed by atoms with E-state index in [1.807, 2.05) is 18.6 Å².